The number of aliphatic hydroxyl groups excluding tert-OH is 1. The Hall–Kier alpha value is -1.60. The van der Waals surface area contributed by atoms with Crippen LogP contribution in [0.15, 0.2) is 84.9 Å². The van der Waals surface area contributed by atoms with Crippen molar-refractivity contribution in [1.29, 1.82) is 0 Å². The summed E-state index contributed by atoms with van der Waals surface area (Å²) in [6.45, 7) is 0. The number of hydrogen-bond donors (Lipinski definition) is 1. The second-order valence-electron chi connectivity index (χ2n) is 6.24. The van der Waals surface area contributed by atoms with Gasteiger partial charge < -0.3 is 5.11 Å². The van der Waals surface area contributed by atoms with Crippen molar-refractivity contribution in [1.82, 2.24) is 0 Å². The summed E-state index contributed by atoms with van der Waals surface area (Å²) in [5.74, 6) is 0.894. The minimum absolute atomic E-state index is 0. The molecule has 1 fully saturated rings. The molecule has 3 unspecified atom stereocenters. The fourth-order valence-electron chi connectivity index (χ4n) is 3.63. The minimum atomic E-state index is -0.325. The van der Waals surface area contributed by atoms with Gasteiger partial charge in [-0.3, -0.25) is 0 Å². The first-order valence-corrected chi connectivity index (χ1v) is 8.47. The number of aliphatic hydroxyl groups is 1. The van der Waals surface area contributed by atoms with E-state index in [1.165, 1.54) is 18.4 Å². The Morgan fingerprint density at radius 1 is 0.875 bits per heavy atom. The molecule has 2 heteroatoms. The van der Waals surface area contributed by atoms with Gasteiger partial charge in [-0.1, -0.05) is 36.8 Å². The molecule has 4 rings (SSSR count). The number of hydrogen-bond acceptors (Lipinski definition) is 1. The summed E-state index contributed by atoms with van der Waals surface area (Å²) in [6, 6.07) is 28.7. The predicted molar refractivity (Wildman–Crippen MR) is 95.6 cm³/mol. The van der Waals surface area contributed by atoms with E-state index in [-0.39, 0.29) is 23.2 Å². The molecule has 0 heterocycles. The van der Waals surface area contributed by atoms with E-state index in [0.29, 0.717) is 11.8 Å². The molecule has 3 atom stereocenters. The molecule has 0 amide bonds. The Morgan fingerprint density at radius 2 is 1.62 bits per heavy atom. The van der Waals surface area contributed by atoms with Crippen LogP contribution in [0, 0.1) is 5.92 Å². The Bertz CT molecular complexity index is 625. The van der Waals surface area contributed by atoms with Crippen LogP contribution in [0.5, 0.6) is 0 Å². The van der Waals surface area contributed by atoms with Crippen LogP contribution in [0.4, 0.5) is 0 Å². The van der Waals surface area contributed by atoms with Gasteiger partial charge in [0.2, 0.25) is 0 Å². The van der Waals surface area contributed by atoms with Gasteiger partial charge in [0, 0.05) is 0 Å². The van der Waals surface area contributed by atoms with Crippen LogP contribution in [0.25, 0.3) is 0 Å². The summed E-state index contributed by atoms with van der Waals surface area (Å²) in [5.41, 5.74) is 2.45. The first-order chi connectivity index (χ1) is 11.4. The van der Waals surface area contributed by atoms with Gasteiger partial charge in [0.25, 0.3) is 0 Å². The van der Waals surface area contributed by atoms with Crippen molar-refractivity contribution < 1.29 is 22.2 Å². The summed E-state index contributed by atoms with van der Waals surface area (Å²) in [7, 11) is 0. The molecule has 0 aliphatic heterocycles. The van der Waals surface area contributed by atoms with Crippen LogP contribution in [-0.2, 0) is 17.1 Å². The zero-order valence-electron chi connectivity index (χ0n) is 13.7. The maximum Gasteiger partial charge on any atom is 2.00 e. The fourth-order valence-corrected chi connectivity index (χ4v) is 3.63. The molecule has 3 aromatic carbocycles. The number of benzene rings is 1. The number of rotatable bonds is 3. The first-order valence-electron chi connectivity index (χ1n) is 8.47. The Kier molecular flexibility index (Phi) is 7.52. The van der Waals surface area contributed by atoms with Crippen molar-refractivity contribution in [3.8, 4) is 0 Å². The van der Waals surface area contributed by atoms with E-state index in [9.17, 15) is 5.11 Å². The van der Waals surface area contributed by atoms with Gasteiger partial charge in [-0.15, -0.1) is 0 Å². The molecule has 0 radical (unpaired) electrons. The van der Waals surface area contributed by atoms with E-state index in [1.807, 2.05) is 60.7 Å². The van der Waals surface area contributed by atoms with Gasteiger partial charge in [-0.25, -0.2) is 24.3 Å². The molecule has 1 aliphatic carbocycles. The SMILES string of the molecule is OC(c1ccccc1)C1CCCC1c1ccc[cH-]1.[Fe+2].c1cc[cH-]c1. The van der Waals surface area contributed by atoms with Crippen molar-refractivity contribution >= 4 is 0 Å². The predicted octanol–water partition coefficient (Wildman–Crippen LogP) is 5.43. The first kappa shape index (κ1) is 18.7. The third-order valence-corrected chi connectivity index (χ3v) is 4.79. The van der Waals surface area contributed by atoms with Crippen LogP contribution in [0.2, 0.25) is 0 Å². The standard InChI is InChI=1S/C17H19O.C5H5.Fe/c18-17(14-9-2-1-3-10-14)16-12-6-11-15(16)13-7-4-5-8-13;1-2-4-5-3-1;/h1-5,7-10,15-18H,6,11-12H2;1-5H;/q2*-1;+2. The molecule has 1 N–H and O–H groups in total. The zero-order valence-corrected chi connectivity index (χ0v) is 14.8. The Morgan fingerprint density at radius 3 is 2.21 bits per heavy atom. The normalized spacial score (nSPS) is 20.5. The van der Waals surface area contributed by atoms with Crippen LogP contribution in [-0.4, -0.2) is 5.11 Å². The van der Waals surface area contributed by atoms with Gasteiger partial charge in [-0.2, -0.15) is 35.9 Å². The quantitative estimate of drug-likeness (QED) is 0.488. The van der Waals surface area contributed by atoms with Crippen LogP contribution in [0.3, 0.4) is 0 Å². The maximum absolute atomic E-state index is 10.6. The summed E-state index contributed by atoms with van der Waals surface area (Å²) in [6.07, 6.45) is 3.24. The molecule has 126 valence electrons. The van der Waals surface area contributed by atoms with Crippen LogP contribution >= 0.6 is 0 Å². The maximum atomic E-state index is 10.6. The molecular weight excluding hydrogens is 336 g/mol. The second kappa shape index (κ2) is 9.64. The van der Waals surface area contributed by atoms with Crippen molar-refractivity contribution in [2.24, 2.45) is 5.92 Å². The van der Waals surface area contributed by atoms with Crippen LogP contribution < -0.4 is 0 Å². The molecule has 0 saturated heterocycles. The van der Waals surface area contributed by atoms with Gasteiger partial charge in [0.05, 0.1) is 6.10 Å². The summed E-state index contributed by atoms with van der Waals surface area (Å²) >= 11 is 0. The van der Waals surface area contributed by atoms with E-state index in [2.05, 4.69) is 24.3 Å². The topological polar surface area (TPSA) is 20.2 Å². The molecule has 24 heavy (non-hydrogen) atoms. The molecule has 3 aromatic rings. The van der Waals surface area contributed by atoms with Gasteiger partial charge in [0.15, 0.2) is 0 Å². The average molecular weight is 360 g/mol. The molecule has 0 bridgehead atoms. The third-order valence-electron chi connectivity index (χ3n) is 4.79. The zero-order chi connectivity index (χ0) is 15.9. The Labute approximate surface area is 155 Å². The summed E-state index contributed by atoms with van der Waals surface area (Å²) in [4.78, 5) is 0. The van der Waals surface area contributed by atoms with Crippen molar-refractivity contribution in [2.45, 2.75) is 31.3 Å². The second-order valence-corrected chi connectivity index (χ2v) is 6.24. The molecule has 1 saturated carbocycles. The van der Waals surface area contributed by atoms with Crippen molar-refractivity contribution in [3.63, 3.8) is 0 Å². The largest absolute Gasteiger partial charge is 2.00 e. The molecule has 0 spiro atoms. The van der Waals surface area contributed by atoms with E-state index in [4.69, 9.17) is 0 Å². The molecule has 0 aromatic heterocycles. The molecule has 1 nitrogen and oxygen atoms in total. The smallest absolute Gasteiger partial charge is 0.388 e. The van der Waals surface area contributed by atoms with Gasteiger partial charge in [-0.05, 0) is 30.2 Å². The summed E-state index contributed by atoms with van der Waals surface area (Å²) < 4.78 is 0. The third kappa shape index (κ3) is 4.70. The van der Waals surface area contributed by atoms with E-state index < -0.39 is 0 Å². The van der Waals surface area contributed by atoms with Crippen LogP contribution in [0.1, 0.15) is 42.4 Å². The van der Waals surface area contributed by atoms with E-state index >= 15 is 0 Å². The van der Waals surface area contributed by atoms with E-state index in [0.717, 1.165) is 12.0 Å². The monoisotopic (exact) mass is 360 g/mol. The van der Waals surface area contributed by atoms with Gasteiger partial charge >= 0.3 is 17.1 Å². The van der Waals surface area contributed by atoms with Crippen molar-refractivity contribution in [2.75, 3.05) is 0 Å². The van der Waals surface area contributed by atoms with Crippen molar-refractivity contribution in [3.05, 3.63) is 96.1 Å². The molecule has 1 aliphatic rings. The summed E-state index contributed by atoms with van der Waals surface area (Å²) in [5, 5.41) is 10.6. The Balaban J connectivity index is 0.000000300. The fraction of sp³-hybridized carbons (Fsp3) is 0.273. The van der Waals surface area contributed by atoms with E-state index in [1.54, 1.807) is 0 Å². The average Bonchev–Trinajstić information content (AvgIpc) is 3.38. The van der Waals surface area contributed by atoms with Gasteiger partial charge in [0.1, 0.15) is 0 Å². The molecular formula is C22H24FeO. The minimum Gasteiger partial charge on any atom is -0.388 e.